The van der Waals surface area contributed by atoms with Crippen molar-refractivity contribution in [3.63, 3.8) is 0 Å². The minimum Gasteiger partial charge on any atom is -0.307 e. The van der Waals surface area contributed by atoms with Crippen molar-refractivity contribution in [2.24, 2.45) is 0 Å². The van der Waals surface area contributed by atoms with Gasteiger partial charge in [0.15, 0.2) is 0 Å². The van der Waals surface area contributed by atoms with Gasteiger partial charge in [0.2, 0.25) is 0 Å². The van der Waals surface area contributed by atoms with E-state index in [4.69, 9.17) is 0 Å². The van der Waals surface area contributed by atoms with Crippen LogP contribution in [0.3, 0.4) is 0 Å². The molecule has 1 fully saturated rings. The summed E-state index contributed by atoms with van der Waals surface area (Å²) in [5, 5.41) is 11.1. The second kappa shape index (κ2) is 10.6. The van der Waals surface area contributed by atoms with Crippen molar-refractivity contribution in [1.82, 2.24) is 25.0 Å². The maximum absolute atomic E-state index is 13.1. The van der Waals surface area contributed by atoms with Crippen LogP contribution < -0.4 is 10.0 Å². The summed E-state index contributed by atoms with van der Waals surface area (Å²) in [6, 6.07) is 15.0. The molecule has 3 aromatic rings. The van der Waals surface area contributed by atoms with E-state index in [-0.39, 0.29) is 4.90 Å². The fraction of sp³-hybridized carbons (Fsp3) is 0.250. The van der Waals surface area contributed by atoms with Gasteiger partial charge in [0.25, 0.3) is 10.0 Å². The van der Waals surface area contributed by atoms with Crippen molar-refractivity contribution in [1.29, 1.82) is 0 Å². The first kappa shape index (κ1) is 24.7. The van der Waals surface area contributed by atoms with Gasteiger partial charge in [-0.1, -0.05) is 54.3 Å². The summed E-state index contributed by atoms with van der Waals surface area (Å²) in [6.45, 7) is 4.18. The van der Waals surface area contributed by atoms with E-state index in [1.807, 2.05) is 30.3 Å². The van der Waals surface area contributed by atoms with E-state index in [2.05, 4.69) is 33.0 Å². The summed E-state index contributed by atoms with van der Waals surface area (Å²) in [4.78, 5) is 12.9. The zero-order valence-corrected chi connectivity index (χ0v) is 21.3. The summed E-state index contributed by atoms with van der Waals surface area (Å²) in [7, 11) is -4.14. The van der Waals surface area contributed by atoms with Gasteiger partial charge in [0, 0.05) is 11.3 Å². The molecule has 1 heterocycles. The standard InChI is InChI=1S/C28H29N5O3S/c1-20-10-4-2-5-11-21-14-8-17-25(21)27(20)29-28(34)31-37(35,36)24-16-9-15-23(18-24)33-19-26(30-32-33)22-12-6-3-7-13-22/h3,6-7,9,11-13,15-16,18-19H,1-2,4-5,8,10,14,17H2,(H2,29,31,34)/b21-11-,27-25?. The van der Waals surface area contributed by atoms with Gasteiger partial charge in [-0.25, -0.2) is 22.6 Å². The van der Waals surface area contributed by atoms with Crippen LogP contribution in [0.2, 0.25) is 0 Å². The highest BCUT2D eigenvalue weighted by atomic mass is 32.2. The van der Waals surface area contributed by atoms with Gasteiger partial charge in [0.1, 0.15) is 5.69 Å². The number of sulfonamides is 1. The molecule has 0 atom stereocenters. The molecular formula is C28H29N5O3S. The molecule has 8 nitrogen and oxygen atoms in total. The Morgan fingerprint density at radius 3 is 2.65 bits per heavy atom. The SMILES string of the molecule is C=C1CCCC/C=C2/CCCC2=C1NC(=O)NS(=O)(=O)c1cccc(-n2cc(-c3ccccc3)nn2)c1. The predicted molar refractivity (Wildman–Crippen MR) is 142 cm³/mol. The lowest BCUT2D eigenvalue weighted by Crippen LogP contribution is -2.39. The molecule has 37 heavy (non-hydrogen) atoms. The topological polar surface area (TPSA) is 106 Å². The summed E-state index contributed by atoms with van der Waals surface area (Å²) >= 11 is 0. The second-order valence-corrected chi connectivity index (χ2v) is 10.9. The Kier molecular flexibility index (Phi) is 7.05. The molecule has 2 aliphatic carbocycles. The van der Waals surface area contributed by atoms with Crippen molar-refractivity contribution < 1.29 is 13.2 Å². The van der Waals surface area contributed by atoms with E-state index in [0.717, 1.165) is 61.7 Å². The highest BCUT2D eigenvalue weighted by molar-refractivity contribution is 7.90. The molecule has 9 heteroatoms. The van der Waals surface area contributed by atoms with Gasteiger partial charge in [-0.2, -0.15) is 0 Å². The van der Waals surface area contributed by atoms with Crippen LogP contribution in [0.25, 0.3) is 16.9 Å². The third-order valence-electron chi connectivity index (χ3n) is 6.66. The van der Waals surface area contributed by atoms with Crippen LogP contribution in [0.1, 0.15) is 44.9 Å². The minimum atomic E-state index is -4.14. The molecule has 0 aliphatic heterocycles. The largest absolute Gasteiger partial charge is 0.333 e. The van der Waals surface area contributed by atoms with Crippen LogP contribution in [0, 0.1) is 0 Å². The molecule has 190 valence electrons. The van der Waals surface area contributed by atoms with Crippen LogP contribution in [0.5, 0.6) is 0 Å². The highest BCUT2D eigenvalue weighted by Gasteiger charge is 2.24. The Hall–Kier alpha value is -3.98. The van der Waals surface area contributed by atoms with Crippen molar-refractivity contribution in [3.05, 3.63) is 95.9 Å². The average Bonchev–Trinajstić information content (AvgIpc) is 3.58. The van der Waals surface area contributed by atoms with Crippen LogP contribution in [0.4, 0.5) is 4.79 Å². The quantitative estimate of drug-likeness (QED) is 0.472. The number of benzene rings is 2. The molecule has 1 aromatic heterocycles. The molecule has 0 radical (unpaired) electrons. The average molecular weight is 516 g/mol. The van der Waals surface area contributed by atoms with E-state index in [0.29, 0.717) is 17.1 Å². The first-order valence-corrected chi connectivity index (χ1v) is 13.9. The highest BCUT2D eigenvalue weighted by Crippen LogP contribution is 2.36. The monoisotopic (exact) mass is 515 g/mol. The fourth-order valence-electron chi connectivity index (χ4n) is 4.78. The first-order chi connectivity index (χ1) is 17.9. The third-order valence-corrected chi connectivity index (χ3v) is 7.99. The number of allylic oxidation sites excluding steroid dienone is 4. The molecule has 0 spiro atoms. The lowest BCUT2D eigenvalue weighted by atomic mass is 10.0. The van der Waals surface area contributed by atoms with Gasteiger partial charge in [-0.15, -0.1) is 5.10 Å². The number of rotatable bonds is 5. The second-order valence-electron chi connectivity index (χ2n) is 9.26. The maximum Gasteiger partial charge on any atom is 0.333 e. The van der Waals surface area contributed by atoms with Crippen molar-refractivity contribution in [2.45, 2.75) is 49.8 Å². The summed E-state index contributed by atoms with van der Waals surface area (Å²) in [6.07, 6.45) is 10.6. The number of urea groups is 1. The molecular weight excluding hydrogens is 486 g/mol. The number of hydrogen-bond donors (Lipinski definition) is 2. The van der Waals surface area contributed by atoms with Crippen LogP contribution in [-0.4, -0.2) is 29.4 Å². The van der Waals surface area contributed by atoms with E-state index >= 15 is 0 Å². The molecule has 2 aromatic carbocycles. The van der Waals surface area contributed by atoms with Crippen LogP contribution in [-0.2, 0) is 10.0 Å². The van der Waals surface area contributed by atoms with Gasteiger partial charge >= 0.3 is 6.03 Å². The Bertz CT molecular complexity index is 1500. The molecule has 0 bridgehead atoms. The molecule has 2 N–H and O–H groups in total. The van der Waals surface area contributed by atoms with Crippen molar-refractivity contribution in [2.75, 3.05) is 0 Å². The van der Waals surface area contributed by atoms with E-state index in [9.17, 15) is 13.2 Å². The Morgan fingerprint density at radius 1 is 0.973 bits per heavy atom. The molecule has 0 unspecified atom stereocenters. The normalized spacial score (nSPS) is 17.7. The Morgan fingerprint density at radius 2 is 1.81 bits per heavy atom. The van der Waals surface area contributed by atoms with Crippen molar-refractivity contribution in [3.8, 4) is 16.9 Å². The lowest BCUT2D eigenvalue weighted by molar-refractivity contribution is 0.248. The van der Waals surface area contributed by atoms with Gasteiger partial charge in [-0.3, -0.25) is 0 Å². The predicted octanol–water partition coefficient (Wildman–Crippen LogP) is 5.42. The zero-order chi connectivity index (χ0) is 25.8. The van der Waals surface area contributed by atoms with E-state index < -0.39 is 16.1 Å². The number of amides is 2. The molecule has 0 saturated heterocycles. The van der Waals surface area contributed by atoms with E-state index in [1.165, 1.54) is 22.4 Å². The van der Waals surface area contributed by atoms with Gasteiger partial charge in [-0.05, 0) is 79.9 Å². The molecule has 1 saturated carbocycles. The first-order valence-electron chi connectivity index (χ1n) is 12.4. The zero-order valence-electron chi connectivity index (χ0n) is 20.5. The number of fused-ring (bicyclic) bond motifs is 1. The van der Waals surface area contributed by atoms with Crippen molar-refractivity contribution >= 4 is 16.1 Å². The lowest BCUT2D eigenvalue weighted by Gasteiger charge is -2.17. The van der Waals surface area contributed by atoms with Crippen LogP contribution in [0.15, 0.2) is 101 Å². The molecule has 2 amide bonds. The fourth-order valence-corrected chi connectivity index (χ4v) is 5.73. The molecule has 5 rings (SSSR count). The number of aromatic nitrogens is 3. The third kappa shape index (κ3) is 5.56. The minimum absolute atomic E-state index is 0.0516. The van der Waals surface area contributed by atoms with Crippen LogP contribution >= 0.6 is 0 Å². The smallest absolute Gasteiger partial charge is 0.307 e. The Balaban J connectivity index is 1.35. The summed E-state index contributed by atoms with van der Waals surface area (Å²) in [5.74, 6) is 0. The number of carbonyl (C=O) groups is 1. The summed E-state index contributed by atoms with van der Waals surface area (Å²) < 4.78 is 29.9. The summed E-state index contributed by atoms with van der Waals surface area (Å²) in [5.41, 5.74) is 5.86. The maximum atomic E-state index is 13.1. The molecule has 2 aliphatic rings. The van der Waals surface area contributed by atoms with Gasteiger partial charge in [0.05, 0.1) is 16.8 Å². The van der Waals surface area contributed by atoms with E-state index in [1.54, 1.807) is 18.3 Å². The number of nitrogens with zero attached hydrogens (tertiary/aromatic N) is 3. The number of nitrogens with one attached hydrogen (secondary N) is 2. The Labute approximate surface area is 216 Å². The van der Waals surface area contributed by atoms with Gasteiger partial charge < -0.3 is 5.32 Å². The number of carbonyl (C=O) groups excluding carboxylic acids is 1. The number of hydrogen-bond acceptors (Lipinski definition) is 5.